The highest BCUT2D eigenvalue weighted by Gasteiger charge is 2.25. The molecule has 0 bridgehead atoms. The Hall–Kier alpha value is -2.76. The van der Waals surface area contributed by atoms with Crippen molar-refractivity contribution in [2.45, 2.75) is 19.4 Å². The Balaban J connectivity index is 1.45. The normalized spacial score (nSPS) is 14.8. The molecular weight excluding hydrogens is 366 g/mol. The van der Waals surface area contributed by atoms with Crippen LogP contribution in [0.1, 0.15) is 34.0 Å². The molecule has 3 aromatic rings. The van der Waals surface area contributed by atoms with Gasteiger partial charge in [0.05, 0.1) is 17.1 Å². The summed E-state index contributed by atoms with van der Waals surface area (Å²) < 4.78 is 0. The first-order valence-corrected chi connectivity index (χ1v) is 10.5. The first-order chi connectivity index (χ1) is 13.7. The number of nitrogens with two attached hydrogens (primary N) is 1. The zero-order valence-corrected chi connectivity index (χ0v) is 16.7. The van der Waals surface area contributed by atoms with Gasteiger partial charge in [0.25, 0.3) is 5.91 Å². The van der Waals surface area contributed by atoms with Crippen LogP contribution in [0.2, 0.25) is 0 Å². The number of rotatable bonds is 6. The number of carbonyl (C=O) groups excluding carboxylic acids is 1. The third-order valence-electron chi connectivity index (χ3n) is 5.01. The van der Waals surface area contributed by atoms with Crippen LogP contribution >= 0.6 is 11.3 Å². The molecule has 1 aliphatic heterocycles. The minimum absolute atomic E-state index is 0.0552. The van der Waals surface area contributed by atoms with Crippen LogP contribution in [0.3, 0.4) is 0 Å². The monoisotopic (exact) mass is 390 g/mol. The molecule has 0 fully saturated rings. The first kappa shape index (κ1) is 18.6. The smallest absolute Gasteiger partial charge is 0.297 e. The lowest BCUT2D eigenvalue weighted by molar-refractivity contribution is -0.676. The van der Waals surface area contributed by atoms with E-state index in [2.05, 4.69) is 59.1 Å². The van der Waals surface area contributed by atoms with Gasteiger partial charge < -0.3 is 5.32 Å². The van der Waals surface area contributed by atoms with Crippen molar-refractivity contribution in [3.05, 3.63) is 93.7 Å². The van der Waals surface area contributed by atoms with Crippen LogP contribution in [0.5, 0.6) is 0 Å². The maximum absolute atomic E-state index is 12.8. The lowest BCUT2D eigenvalue weighted by atomic mass is 10.0. The summed E-state index contributed by atoms with van der Waals surface area (Å²) in [4.78, 5) is 14.0. The van der Waals surface area contributed by atoms with Gasteiger partial charge in [-0.05, 0) is 23.9 Å². The summed E-state index contributed by atoms with van der Waals surface area (Å²) in [6.07, 6.45) is 0.808. The Labute approximate surface area is 169 Å². The number of benzene rings is 2. The second-order valence-corrected chi connectivity index (χ2v) is 8.00. The highest BCUT2D eigenvalue weighted by molar-refractivity contribution is 7.10. The topological polar surface area (TPSA) is 49.3 Å². The molecule has 142 valence electrons. The van der Waals surface area contributed by atoms with E-state index >= 15 is 0 Å². The molecule has 0 unspecified atom stereocenters. The third kappa shape index (κ3) is 4.21. The molecule has 5 heteroatoms. The summed E-state index contributed by atoms with van der Waals surface area (Å²) in [6.45, 7) is 3.12. The van der Waals surface area contributed by atoms with E-state index in [1.54, 1.807) is 16.3 Å². The zero-order valence-electron chi connectivity index (χ0n) is 15.9. The van der Waals surface area contributed by atoms with Gasteiger partial charge in [-0.1, -0.05) is 66.2 Å². The minimum atomic E-state index is 0.0552. The molecule has 2 heterocycles. The van der Waals surface area contributed by atoms with Gasteiger partial charge in [0.2, 0.25) is 0 Å². The highest BCUT2D eigenvalue weighted by atomic mass is 32.1. The van der Waals surface area contributed by atoms with Crippen LogP contribution in [-0.4, -0.2) is 29.7 Å². The SMILES string of the molecule is Cc1ccc([C@H]([NH2+]CC(=O)N2CCC(c3ccccc3)=N2)c2cccs2)cc1. The quantitative estimate of drug-likeness (QED) is 0.689. The van der Waals surface area contributed by atoms with E-state index in [9.17, 15) is 4.79 Å². The average molecular weight is 391 g/mol. The first-order valence-electron chi connectivity index (χ1n) is 9.57. The number of quaternary nitrogens is 1. The van der Waals surface area contributed by atoms with Gasteiger partial charge in [-0.15, -0.1) is 11.3 Å². The van der Waals surface area contributed by atoms with Gasteiger partial charge in [-0.2, -0.15) is 5.10 Å². The van der Waals surface area contributed by atoms with Crippen LogP contribution in [-0.2, 0) is 4.79 Å². The molecule has 2 N–H and O–H groups in total. The van der Waals surface area contributed by atoms with Gasteiger partial charge in [0.1, 0.15) is 6.04 Å². The number of nitrogens with zero attached hydrogens (tertiary/aromatic N) is 2. The molecule has 1 amide bonds. The van der Waals surface area contributed by atoms with Gasteiger partial charge in [0.15, 0.2) is 6.54 Å². The Kier molecular flexibility index (Phi) is 5.65. The maximum Gasteiger partial charge on any atom is 0.297 e. The van der Waals surface area contributed by atoms with Crippen molar-refractivity contribution >= 4 is 23.0 Å². The van der Waals surface area contributed by atoms with Gasteiger partial charge in [-0.25, -0.2) is 5.01 Å². The van der Waals surface area contributed by atoms with E-state index < -0.39 is 0 Å². The van der Waals surface area contributed by atoms with Crippen LogP contribution in [0.4, 0.5) is 0 Å². The summed E-state index contributed by atoms with van der Waals surface area (Å²) >= 11 is 1.73. The number of aryl methyl sites for hydroxylation is 1. The number of carbonyl (C=O) groups is 1. The van der Waals surface area contributed by atoms with Crippen LogP contribution < -0.4 is 5.32 Å². The predicted molar refractivity (Wildman–Crippen MR) is 113 cm³/mol. The van der Waals surface area contributed by atoms with Crippen molar-refractivity contribution in [1.82, 2.24) is 5.01 Å². The van der Waals surface area contributed by atoms with E-state index in [1.807, 2.05) is 30.3 Å². The predicted octanol–water partition coefficient (Wildman–Crippen LogP) is 3.35. The minimum Gasteiger partial charge on any atom is -0.328 e. The van der Waals surface area contributed by atoms with Crippen LogP contribution in [0.15, 0.2) is 77.2 Å². The van der Waals surface area contributed by atoms with Gasteiger partial charge in [-0.3, -0.25) is 4.79 Å². The largest absolute Gasteiger partial charge is 0.328 e. The number of hydrazone groups is 1. The molecule has 4 rings (SSSR count). The van der Waals surface area contributed by atoms with Gasteiger partial charge >= 0.3 is 0 Å². The van der Waals surface area contributed by atoms with Crippen molar-refractivity contribution in [3.8, 4) is 0 Å². The lowest BCUT2D eigenvalue weighted by Crippen LogP contribution is -2.87. The number of hydrogen-bond acceptors (Lipinski definition) is 3. The fourth-order valence-electron chi connectivity index (χ4n) is 3.45. The molecule has 1 aromatic heterocycles. The summed E-state index contributed by atoms with van der Waals surface area (Å²) in [6, 6.07) is 23.0. The molecule has 0 aliphatic carbocycles. The van der Waals surface area contributed by atoms with Gasteiger partial charge in [0, 0.05) is 12.0 Å². The van der Waals surface area contributed by atoms with E-state index in [0.717, 1.165) is 17.7 Å². The molecular formula is C23H24N3OS+. The summed E-state index contributed by atoms with van der Waals surface area (Å²) in [7, 11) is 0. The van der Waals surface area contributed by atoms with E-state index in [1.165, 1.54) is 16.0 Å². The molecule has 0 radical (unpaired) electrons. The Morgan fingerprint density at radius 2 is 1.89 bits per heavy atom. The Morgan fingerprint density at radius 1 is 1.11 bits per heavy atom. The fourth-order valence-corrected chi connectivity index (χ4v) is 4.30. The number of amides is 1. The molecule has 2 aromatic carbocycles. The number of thiophene rings is 1. The Bertz CT molecular complexity index is 949. The van der Waals surface area contributed by atoms with Crippen molar-refractivity contribution in [1.29, 1.82) is 0 Å². The number of hydrogen-bond donors (Lipinski definition) is 1. The van der Waals surface area contributed by atoms with Crippen LogP contribution in [0, 0.1) is 6.92 Å². The summed E-state index contributed by atoms with van der Waals surface area (Å²) in [5.74, 6) is 0.0552. The van der Waals surface area contributed by atoms with Crippen molar-refractivity contribution in [2.24, 2.45) is 5.10 Å². The molecule has 0 saturated heterocycles. The van der Waals surface area contributed by atoms with Crippen LogP contribution in [0.25, 0.3) is 0 Å². The molecule has 0 spiro atoms. The van der Waals surface area contributed by atoms with E-state index in [0.29, 0.717) is 13.1 Å². The third-order valence-corrected chi connectivity index (χ3v) is 5.97. The van der Waals surface area contributed by atoms with Crippen molar-refractivity contribution in [3.63, 3.8) is 0 Å². The maximum atomic E-state index is 12.8. The fraction of sp³-hybridized carbons (Fsp3) is 0.217. The highest BCUT2D eigenvalue weighted by Crippen LogP contribution is 2.23. The average Bonchev–Trinajstić information content (AvgIpc) is 3.42. The zero-order chi connectivity index (χ0) is 19.3. The molecule has 4 nitrogen and oxygen atoms in total. The van der Waals surface area contributed by atoms with Crippen molar-refractivity contribution in [2.75, 3.05) is 13.1 Å². The Morgan fingerprint density at radius 3 is 2.61 bits per heavy atom. The molecule has 1 atom stereocenters. The molecule has 0 saturated carbocycles. The summed E-state index contributed by atoms with van der Waals surface area (Å²) in [5.41, 5.74) is 4.54. The van der Waals surface area contributed by atoms with Crippen molar-refractivity contribution < 1.29 is 10.1 Å². The second kappa shape index (κ2) is 8.50. The van der Waals surface area contributed by atoms with E-state index in [-0.39, 0.29) is 11.9 Å². The molecule has 28 heavy (non-hydrogen) atoms. The second-order valence-electron chi connectivity index (χ2n) is 7.02. The summed E-state index contributed by atoms with van der Waals surface area (Å²) in [5, 5.41) is 10.4. The lowest BCUT2D eigenvalue weighted by Gasteiger charge is -2.17. The van der Waals surface area contributed by atoms with E-state index in [4.69, 9.17) is 0 Å². The standard InChI is InChI=1S/C23H23N3OS/c1-17-9-11-19(12-10-17)23(21-8-5-15-28-21)24-16-22(27)26-14-13-20(25-26)18-6-3-2-4-7-18/h2-12,15,23-24H,13-14,16H2,1H3/p+1/t23-/m0/s1. The molecule has 1 aliphatic rings.